The molecule has 4 aromatic rings. The van der Waals surface area contributed by atoms with Crippen LogP contribution in [0.4, 0.5) is 11.8 Å². The lowest BCUT2D eigenvalue weighted by molar-refractivity contribution is 0.180. The van der Waals surface area contributed by atoms with Crippen LogP contribution in [0.25, 0.3) is 22.3 Å². The SMILES string of the molecule is COc1cncnc1-c1ccc2nc(Nc3cc(CN4CCN(S(=O)O)CC4)ccn3)[nH]c2c1. The van der Waals surface area contributed by atoms with Crippen molar-refractivity contribution in [3.63, 3.8) is 0 Å². The van der Waals surface area contributed by atoms with Crippen LogP contribution in [0.3, 0.4) is 0 Å². The lowest BCUT2D eigenvalue weighted by Gasteiger charge is -2.32. The molecule has 176 valence electrons. The summed E-state index contributed by atoms with van der Waals surface area (Å²) in [5.41, 5.74) is 4.38. The third kappa shape index (κ3) is 4.89. The highest BCUT2D eigenvalue weighted by atomic mass is 32.2. The minimum Gasteiger partial charge on any atom is -0.493 e. The minimum atomic E-state index is -1.90. The summed E-state index contributed by atoms with van der Waals surface area (Å²) < 4.78 is 27.4. The predicted octanol–water partition coefficient (Wildman–Crippen LogP) is 2.42. The predicted molar refractivity (Wildman–Crippen MR) is 129 cm³/mol. The molecule has 0 aliphatic carbocycles. The first kappa shape index (κ1) is 22.3. The van der Waals surface area contributed by atoms with Gasteiger partial charge in [-0.2, -0.15) is 4.31 Å². The first-order chi connectivity index (χ1) is 16.6. The number of piperazine rings is 1. The van der Waals surface area contributed by atoms with Crippen molar-refractivity contribution in [2.75, 3.05) is 38.6 Å². The Labute approximate surface area is 198 Å². The Morgan fingerprint density at radius 2 is 2.03 bits per heavy atom. The van der Waals surface area contributed by atoms with E-state index in [4.69, 9.17) is 4.74 Å². The zero-order valence-corrected chi connectivity index (χ0v) is 19.3. The topological polar surface area (TPSA) is 132 Å². The summed E-state index contributed by atoms with van der Waals surface area (Å²) in [6, 6.07) is 9.81. The molecule has 0 spiro atoms. The number of hydrogen-bond donors (Lipinski definition) is 3. The fourth-order valence-corrected chi connectivity index (χ4v) is 4.44. The van der Waals surface area contributed by atoms with Crippen LogP contribution in [-0.2, 0) is 17.8 Å². The van der Waals surface area contributed by atoms with Crippen molar-refractivity contribution >= 4 is 34.1 Å². The number of nitrogens with one attached hydrogen (secondary N) is 2. The van der Waals surface area contributed by atoms with E-state index >= 15 is 0 Å². The summed E-state index contributed by atoms with van der Waals surface area (Å²) in [6.07, 6.45) is 4.89. The Bertz CT molecular complexity index is 1320. The molecule has 1 aliphatic rings. The van der Waals surface area contributed by atoms with Gasteiger partial charge in [-0.15, -0.1) is 0 Å². The Morgan fingerprint density at radius 1 is 1.18 bits per heavy atom. The van der Waals surface area contributed by atoms with Crippen molar-refractivity contribution in [1.82, 2.24) is 34.1 Å². The molecule has 1 atom stereocenters. The first-order valence-corrected chi connectivity index (χ1v) is 11.8. The van der Waals surface area contributed by atoms with E-state index < -0.39 is 11.3 Å². The second-order valence-corrected chi connectivity index (χ2v) is 8.85. The van der Waals surface area contributed by atoms with Crippen LogP contribution in [0.1, 0.15) is 5.56 Å². The number of aromatic nitrogens is 5. The zero-order valence-electron chi connectivity index (χ0n) is 18.5. The number of fused-ring (bicyclic) bond motifs is 1. The number of rotatable bonds is 7. The Hall–Kier alpha value is -3.45. The molecule has 4 heterocycles. The summed E-state index contributed by atoms with van der Waals surface area (Å²) in [4.78, 5) is 22.9. The van der Waals surface area contributed by atoms with E-state index in [0.717, 1.165) is 41.8 Å². The van der Waals surface area contributed by atoms with Crippen LogP contribution in [0, 0.1) is 0 Å². The Balaban J connectivity index is 1.29. The Kier molecular flexibility index (Phi) is 6.45. The molecule has 3 N–H and O–H groups in total. The average molecular weight is 481 g/mol. The summed E-state index contributed by atoms with van der Waals surface area (Å²) in [5.74, 6) is 1.88. The van der Waals surface area contributed by atoms with E-state index in [9.17, 15) is 8.76 Å². The third-order valence-electron chi connectivity index (χ3n) is 5.68. The number of nitrogens with zero attached hydrogens (tertiary/aromatic N) is 6. The molecule has 12 heteroatoms. The van der Waals surface area contributed by atoms with Crippen molar-refractivity contribution in [2.24, 2.45) is 0 Å². The third-order valence-corrected chi connectivity index (χ3v) is 6.49. The lowest BCUT2D eigenvalue weighted by Crippen LogP contribution is -2.46. The molecule has 0 bridgehead atoms. The van der Waals surface area contributed by atoms with Gasteiger partial charge in [-0.25, -0.2) is 24.1 Å². The number of aromatic amines is 1. The van der Waals surface area contributed by atoms with E-state index in [0.29, 0.717) is 36.3 Å². The highest BCUT2D eigenvalue weighted by Crippen LogP contribution is 2.29. The normalized spacial score (nSPS) is 15.9. The number of benzene rings is 1. The number of methoxy groups -OCH3 is 1. The number of imidazole rings is 1. The van der Waals surface area contributed by atoms with Gasteiger partial charge in [-0.05, 0) is 29.8 Å². The second kappa shape index (κ2) is 9.81. The van der Waals surface area contributed by atoms with Crippen molar-refractivity contribution in [2.45, 2.75) is 6.54 Å². The van der Waals surface area contributed by atoms with Gasteiger partial charge in [0.15, 0.2) is 5.75 Å². The van der Waals surface area contributed by atoms with Crippen LogP contribution in [0.2, 0.25) is 0 Å². The molecule has 3 aromatic heterocycles. The largest absolute Gasteiger partial charge is 0.493 e. The van der Waals surface area contributed by atoms with Crippen LogP contribution in [0.5, 0.6) is 5.75 Å². The minimum absolute atomic E-state index is 0.571. The van der Waals surface area contributed by atoms with Crippen LogP contribution >= 0.6 is 0 Å². The first-order valence-electron chi connectivity index (χ1n) is 10.7. The van der Waals surface area contributed by atoms with Crippen molar-refractivity contribution < 1.29 is 13.5 Å². The number of pyridine rings is 1. The molecule has 34 heavy (non-hydrogen) atoms. The van der Waals surface area contributed by atoms with Crippen LogP contribution in [0.15, 0.2) is 49.1 Å². The maximum absolute atomic E-state index is 11.2. The average Bonchev–Trinajstić information content (AvgIpc) is 3.26. The molecular weight excluding hydrogens is 456 g/mol. The highest BCUT2D eigenvalue weighted by Gasteiger charge is 2.20. The van der Waals surface area contributed by atoms with E-state index in [1.807, 2.05) is 30.3 Å². The lowest BCUT2D eigenvalue weighted by atomic mass is 10.1. The van der Waals surface area contributed by atoms with E-state index in [-0.39, 0.29) is 0 Å². The molecule has 1 saturated heterocycles. The molecule has 0 radical (unpaired) electrons. The second-order valence-electron chi connectivity index (χ2n) is 7.87. The highest BCUT2D eigenvalue weighted by molar-refractivity contribution is 7.76. The standard InChI is InChI=1S/C22H24N8O3S/c1-33-19-12-23-14-25-21(19)16-2-3-17-18(11-16)27-22(26-17)28-20-10-15(4-5-24-20)13-29-6-8-30(9-7-29)34(31)32/h2-5,10-12,14H,6-9,13H2,1H3,(H,31,32)(H2,24,26,27,28). The van der Waals surface area contributed by atoms with Crippen molar-refractivity contribution in [1.29, 1.82) is 0 Å². The van der Waals surface area contributed by atoms with Crippen LogP contribution < -0.4 is 10.1 Å². The molecule has 1 unspecified atom stereocenters. The molecule has 0 saturated carbocycles. The number of H-pyrrole nitrogens is 1. The molecule has 1 fully saturated rings. The van der Waals surface area contributed by atoms with Gasteiger partial charge in [-0.3, -0.25) is 9.45 Å². The summed E-state index contributed by atoms with van der Waals surface area (Å²) >= 11 is -1.90. The van der Waals surface area contributed by atoms with E-state index in [1.54, 1.807) is 23.8 Å². The smallest absolute Gasteiger partial charge is 0.234 e. The van der Waals surface area contributed by atoms with Crippen molar-refractivity contribution in [3.8, 4) is 17.0 Å². The summed E-state index contributed by atoms with van der Waals surface area (Å²) in [5, 5.41) is 3.25. The van der Waals surface area contributed by atoms with Crippen molar-refractivity contribution in [3.05, 3.63) is 54.6 Å². The molecule has 11 nitrogen and oxygen atoms in total. The maximum Gasteiger partial charge on any atom is 0.234 e. The summed E-state index contributed by atoms with van der Waals surface area (Å²) in [6.45, 7) is 3.36. The molecule has 5 rings (SSSR count). The van der Waals surface area contributed by atoms with E-state index in [2.05, 4.69) is 35.1 Å². The fourth-order valence-electron chi connectivity index (χ4n) is 3.96. The van der Waals surface area contributed by atoms with Gasteiger partial charge in [-0.1, -0.05) is 6.07 Å². The quantitative estimate of drug-likeness (QED) is 0.341. The van der Waals surface area contributed by atoms with E-state index in [1.165, 1.54) is 6.33 Å². The maximum atomic E-state index is 11.2. The number of hydrogen-bond acceptors (Lipinski definition) is 8. The van der Waals surface area contributed by atoms with Gasteiger partial charge in [0.1, 0.15) is 17.8 Å². The number of ether oxygens (including phenoxy) is 1. The monoisotopic (exact) mass is 480 g/mol. The van der Waals surface area contributed by atoms with Gasteiger partial charge in [0, 0.05) is 44.5 Å². The van der Waals surface area contributed by atoms with Gasteiger partial charge < -0.3 is 15.0 Å². The van der Waals surface area contributed by atoms with Gasteiger partial charge in [0.2, 0.25) is 17.2 Å². The Morgan fingerprint density at radius 3 is 2.82 bits per heavy atom. The van der Waals surface area contributed by atoms with Crippen LogP contribution in [-0.4, -0.2) is 76.2 Å². The molecule has 1 aromatic carbocycles. The molecule has 1 aliphatic heterocycles. The number of anilines is 2. The van der Waals surface area contributed by atoms with Gasteiger partial charge in [0.05, 0.1) is 24.3 Å². The zero-order chi connectivity index (χ0) is 23.5. The van der Waals surface area contributed by atoms with Gasteiger partial charge in [0.25, 0.3) is 0 Å². The molecule has 0 amide bonds. The van der Waals surface area contributed by atoms with Gasteiger partial charge >= 0.3 is 0 Å². The molecular formula is C22H24N8O3S. The fraction of sp³-hybridized carbons (Fsp3) is 0.273. The summed E-state index contributed by atoms with van der Waals surface area (Å²) in [7, 11) is 1.59.